The van der Waals surface area contributed by atoms with Gasteiger partial charge in [0, 0.05) is 41.2 Å². The van der Waals surface area contributed by atoms with Crippen molar-refractivity contribution >= 4 is 34.9 Å². The minimum absolute atomic E-state index is 0.292. The van der Waals surface area contributed by atoms with E-state index in [0.717, 1.165) is 0 Å². The zero-order valence-corrected chi connectivity index (χ0v) is 20.2. The molecule has 2 aliphatic heterocycles. The second-order valence-corrected chi connectivity index (χ2v) is 11.8. The Bertz CT molecular complexity index is 1290. The Balaban J connectivity index is 1.39. The summed E-state index contributed by atoms with van der Waals surface area (Å²) in [7, 11) is 0. The molecule has 33 heavy (non-hydrogen) atoms. The Hall–Kier alpha value is -2.72. The molecule has 0 saturated heterocycles. The first-order valence-corrected chi connectivity index (χ1v) is 13.6. The van der Waals surface area contributed by atoms with Gasteiger partial charge in [-0.1, -0.05) is 96.3 Å². The molecule has 1 aromatic heterocycles. The molecule has 5 aromatic rings. The third kappa shape index (κ3) is 3.22. The lowest BCUT2D eigenvalue weighted by molar-refractivity contribution is 0.920. The molecule has 0 aliphatic carbocycles. The van der Waals surface area contributed by atoms with Crippen LogP contribution >= 0.6 is 34.9 Å². The van der Waals surface area contributed by atoms with Gasteiger partial charge in [0.15, 0.2) is 0 Å². The Kier molecular flexibility index (Phi) is 4.75. The fraction of sp³-hybridized carbons (Fsp3) is 0.0667. The normalized spacial score (nSPS) is 14.8. The van der Waals surface area contributed by atoms with Crippen LogP contribution in [0.3, 0.4) is 0 Å². The molecule has 3 heteroatoms. The van der Waals surface area contributed by atoms with Gasteiger partial charge in [-0.25, -0.2) is 0 Å². The standard InChI is InChI=1S/C30H20S3/c1-5-13-23-19(9-1)29(20-10-2-6-14-24(20)31-23)27-17-18-28(33-27)30-21-11-3-7-15-25(21)32-26-16-8-4-12-22(26)30/h1-18,29-30H. The van der Waals surface area contributed by atoms with E-state index in [4.69, 9.17) is 0 Å². The molecule has 7 rings (SSSR count). The lowest BCUT2D eigenvalue weighted by Crippen LogP contribution is -2.09. The largest absolute Gasteiger partial charge is 0.143 e. The lowest BCUT2D eigenvalue weighted by Gasteiger charge is -2.28. The van der Waals surface area contributed by atoms with Crippen LogP contribution in [0.25, 0.3) is 0 Å². The molecule has 3 heterocycles. The molecule has 0 fully saturated rings. The number of thiophene rings is 1. The highest BCUT2D eigenvalue weighted by atomic mass is 32.2. The van der Waals surface area contributed by atoms with Gasteiger partial charge in [0.2, 0.25) is 0 Å². The maximum absolute atomic E-state index is 2.38. The number of benzene rings is 4. The van der Waals surface area contributed by atoms with Crippen LogP contribution in [-0.2, 0) is 0 Å². The quantitative estimate of drug-likeness (QED) is 0.244. The highest BCUT2D eigenvalue weighted by Gasteiger charge is 2.32. The van der Waals surface area contributed by atoms with Gasteiger partial charge in [-0.15, -0.1) is 11.3 Å². The highest BCUT2D eigenvalue weighted by Crippen LogP contribution is 2.53. The predicted molar refractivity (Wildman–Crippen MR) is 140 cm³/mol. The molecule has 0 unspecified atom stereocenters. The molecule has 4 aromatic carbocycles. The monoisotopic (exact) mass is 476 g/mol. The second-order valence-electron chi connectivity index (χ2n) is 8.46. The van der Waals surface area contributed by atoms with E-state index in [-0.39, 0.29) is 0 Å². The number of rotatable bonds is 2. The van der Waals surface area contributed by atoms with Crippen molar-refractivity contribution in [2.75, 3.05) is 0 Å². The Labute approximate surface area is 206 Å². The summed E-state index contributed by atoms with van der Waals surface area (Å²) < 4.78 is 0. The molecule has 0 spiro atoms. The predicted octanol–water partition coefficient (Wildman–Crippen LogP) is 9.04. The molecule has 0 saturated carbocycles. The summed E-state index contributed by atoms with van der Waals surface area (Å²) >= 11 is 5.78. The zero-order valence-electron chi connectivity index (χ0n) is 17.8. The van der Waals surface area contributed by atoms with Crippen LogP contribution in [-0.4, -0.2) is 0 Å². The Morgan fingerprint density at radius 2 is 0.667 bits per heavy atom. The SMILES string of the molecule is c1ccc2c(c1)Sc1ccccc1C2c1ccc(C2c3ccccc3Sc3ccccc32)s1. The molecule has 0 amide bonds. The van der Waals surface area contributed by atoms with Gasteiger partial charge in [0.25, 0.3) is 0 Å². The van der Waals surface area contributed by atoms with Gasteiger partial charge in [0.05, 0.1) is 0 Å². The second kappa shape index (κ2) is 7.95. The zero-order chi connectivity index (χ0) is 21.8. The molecule has 0 atom stereocenters. The van der Waals surface area contributed by atoms with Gasteiger partial charge in [-0.05, 0) is 58.7 Å². The summed E-state index contributed by atoms with van der Waals surface area (Å²) in [5, 5.41) is 0. The summed E-state index contributed by atoms with van der Waals surface area (Å²) in [6.07, 6.45) is 0. The van der Waals surface area contributed by atoms with E-state index in [2.05, 4.69) is 109 Å². The minimum Gasteiger partial charge on any atom is -0.143 e. The smallest absolute Gasteiger partial charge is 0.0456 e. The van der Waals surface area contributed by atoms with Crippen molar-refractivity contribution in [1.29, 1.82) is 0 Å². The van der Waals surface area contributed by atoms with Gasteiger partial charge in [0.1, 0.15) is 0 Å². The summed E-state index contributed by atoms with van der Waals surface area (Å²) in [6, 6.07) is 40.4. The van der Waals surface area contributed by atoms with Crippen molar-refractivity contribution in [1.82, 2.24) is 0 Å². The summed E-state index contributed by atoms with van der Waals surface area (Å²) in [5.74, 6) is 0.585. The molecule has 0 bridgehead atoms. The maximum Gasteiger partial charge on any atom is 0.0456 e. The number of fused-ring (bicyclic) bond motifs is 4. The Morgan fingerprint density at radius 3 is 1.00 bits per heavy atom. The first-order chi connectivity index (χ1) is 16.4. The van der Waals surface area contributed by atoms with Crippen LogP contribution in [0.15, 0.2) is 129 Å². The highest BCUT2D eigenvalue weighted by molar-refractivity contribution is 7.99. The van der Waals surface area contributed by atoms with Crippen molar-refractivity contribution < 1.29 is 0 Å². The van der Waals surface area contributed by atoms with Crippen LogP contribution in [0.2, 0.25) is 0 Å². The molecule has 0 radical (unpaired) electrons. The summed E-state index contributed by atoms with van der Waals surface area (Å²) in [4.78, 5) is 8.36. The third-order valence-electron chi connectivity index (χ3n) is 6.58. The van der Waals surface area contributed by atoms with Crippen LogP contribution in [0.5, 0.6) is 0 Å². The average Bonchev–Trinajstić information content (AvgIpc) is 3.35. The van der Waals surface area contributed by atoms with Crippen molar-refractivity contribution in [3.63, 3.8) is 0 Å². The van der Waals surface area contributed by atoms with E-state index in [9.17, 15) is 0 Å². The van der Waals surface area contributed by atoms with Crippen molar-refractivity contribution in [2.24, 2.45) is 0 Å². The fourth-order valence-corrected chi connectivity index (χ4v) is 8.67. The number of hydrogen-bond donors (Lipinski definition) is 0. The van der Waals surface area contributed by atoms with E-state index in [1.165, 1.54) is 51.6 Å². The first-order valence-electron chi connectivity index (χ1n) is 11.2. The van der Waals surface area contributed by atoms with E-state index in [0.29, 0.717) is 11.8 Å². The van der Waals surface area contributed by atoms with Crippen molar-refractivity contribution in [3.8, 4) is 0 Å². The third-order valence-corrected chi connectivity index (χ3v) is 10.2. The molecular weight excluding hydrogens is 457 g/mol. The van der Waals surface area contributed by atoms with Crippen LogP contribution in [0, 0.1) is 0 Å². The van der Waals surface area contributed by atoms with Gasteiger partial charge >= 0.3 is 0 Å². The van der Waals surface area contributed by atoms with Gasteiger partial charge in [-0.3, -0.25) is 0 Å². The number of hydrogen-bond acceptors (Lipinski definition) is 3. The van der Waals surface area contributed by atoms with E-state index in [1.54, 1.807) is 0 Å². The van der Waals surface area contributed by atoms with E-state index >= 15 is 0 Å². The van der Waals surface area contributed by atoms with E-state index in [1.807, 2.05) is 34.9 Å². The molecule has 0 N–H and O–H groups in total. The van der Waals surface area contributed by atoms with Gasteiger partial charge < -0.3 is 0 Å². The van der Waals surface area contributed by atoms with Crippen LogP contribution in [0.4, 0.5) is 0 Å². The maximum atomic E-state index is 2.38. The fourth-order valence-electron chi connectivity index (χ4n) is 5.11. The molecule has 0 nitrogen and oxygen atoms in total. The molecule has 158 valence electrons. The molecular formula is C30H20S3. The average molecular weight is 477 g/mol. The van der Waals surface area contributed by atoms with Crippen LogP contribution < -0.4 is 0 Å². The van der Waals surface area contributed by atoms with Crippen molar-refractivity contribution in [3.05, 3.63) is 141 Å². The summed E-state index contributed by atoms with van der Waals surface area (Å²) in [6.45, 7) is 0. The van der Waals surface area contributed by atoms with E-state index < -0.39 is 0 Å². The minimum atomic E-state index is 0.292. The lowest BCUT2D eigenvalue weighted by atomic mass is 9.88. The van der Waals surface area contributed by atoms with Gasteiger partial charge in [-0.2, -0.15) is 0 Å². The first kappa shape index (κ1) is 19.7. The van der Waals surface area contributed by atoms with Crippen LogP contribution in [0.1, 0.15) is 43.8 Å². The Morgan fingerprint density at radius 1 is 0.364 bits per heavy atom. The summed E-state index contributed by atoms with van der Waals surface area (Å²) in [5.41, 5.74) is 5.70. The van der Waals surface area contributed by atoms with Crippen molar-refractivity contribution in [2.45, 2.75) is 31.4 Å². The topological polar surface area (TPSA) is 0 Å². The molecule has 2 aliphatic rings.